The Morgan fingerprint density at radius 1 is 1.04 bits per heavy atom. The van der Waals surface area contributed by atoms with Gasteiger partial charge in [0.2, 0.25) is 0 Å². The van der Waals surface area contributed by atoms with Crippen molar-refractivity contribution < 1.29 is 0 Å². The molecule has 0 aromatic carbocycles. The molecule has 6 heteroatoms. The molecule has 1 atom stereocenters. The summed E-state index contributed by atoms with van der Waals surface area (Å²) < 4.78 is 0. The minimum Gasteiger partial charge on any atom is -0.353 e. The van der Waals surface area contributed by atoms with Crippen molar-refractivity contribution in [3.8, 4) is 6.07 Å². The van der Waals surface area contributed by atoms with Crippen LogP contribution in [0.3, 0.4) is 0 Å². The van der Waals surface area contributed by atoms with E-state index in [1.807, 2.05) is 0 Å². The van der Waals surface area contributed by atoms with Crippen molar-refractivity contribution in [1.82, 2.24) is 14.7 Å². The Morgan fingerprint density at radius 3 is 2.33 bits per heavy atom. The van der Waals surface area contributed by atoms with Gasteiger partial charge in [-0.1, -0.05) is 6.42 Å². The number of amidine groups is 1. The summed E-state index contributed by atoms with van der Waals surface area (Å²) in [5.74, 6) is 0.728. The van der Waals surface area contributed by atoms with Gasteiger partial charge in [-0.15, -0.1) is 0 Å². The van der Waals surface area contributed by atoms with Gasteiger partial charge in [0.1, 0.15) is 0 Å². The van der Waals surface area contributed by atoms with E-state index in [-0.39, 0.29) is 0 Å². The highest BCUT2D eigenvalue weighted by Gasteiger charge is 2.32. The SMILES string of the molecule is [C-]#[N+]C(C#N)C(=NCCCN1CCCCC1)N1CCC(N2CCCC2)CC1. The van der Waals surface area contributed by atoms with Crippen LogP contribution in [0.15, 0.2) is 4.99 Å². The van der Waals surface area contributed by atoms with Gasteiger partial charge in [-0.25, -0.2) is 6.57 Å². The van der Waals surface area contributed by atoms with E-state index in [4.69, 9.17) is 11.6 Å². The molecule has 148 valence electrons. The Balaban J connectivity index is 1.51. The van der Waals surface area contributed by atoms with Gasteiger partial charge < -0.3 is 14.7 Å². The summed E-state index contributed by atoms with van der Waals surface area (Å²) in [6.45, 7) is 16.0. The molecule has 3 rings (SSSR count). The van der Waals surface area contributed by atoms with E-state index in [0.29, 0.717) is 6.04 Å². The number of hydrogen-bond donors (Lipinski definition) is 0. The second-order valence-corrected chi connectivity index (χ2v) is 8.12. The van der Waals surface area contributed by atoms with E-state index in [0.717, 1.165) is 51.3 Å². The van der Waals surface area contributed by atoms with Crippen LogP contribution in [0.4, 0.5) is 0 Å². The molecule has 3 aliphatic rings. The molecular formula is C21H34N6. The second-order valence-electron chi connectivity index (χ2n) is 8.12. The van der Waals surface area contributed by atoms with Crippen LogP contribution in [0.25, 0.3) is 4.85 Å². The number of piperidine rings is 2. The molecule has 27 heavy (non-hydrogen) atoms. The van der Waals surface area contributed by atoms with Crippen molar-refractivity contribution in [1.29, 1.82) is 5.26 Å². The van der Waals surface area contributed by atoms with E-state index in [1.54, 1.807) is 0 Å². The Kier molecular flexibility index (Phi) is 7.93. The number of likely N-dealkylation sites (tertiary alicyclic amines) is 3. The third-order valence-electron chi connectivity index (χ3n) is 6.30. The van der Waals surface area contributed by atoms with Crippen LogP contribution in [0.2, 0.25) is 0 Å². The van der Waals surface area contributed by atoms with Crippen molar-refractivity contribution in [2.75, 3.05) is 52.4 Å². The zero-order valence-electron chi connectivity index (χ0n) is 16.7. The molecule has 0 aliphatic carbocycles. The Bertz CT molecular complexity index is 540. The fraction of sp³-hybridized carbons (Fsp3) is 0.857. The quantitative estimate of drug-likeness (QED) is 0.312. The van der Waals surface area contributed by atoms with Crippen molar-refractivity contribution in [2.45, 2.75) is 63.5 Å². The average Bonchev–Trinajstić information content (AvgIpc) is 3.26. The molecule has 3 aliphatic heterocycles. The summed E-state index contributed by atoms with van der Waals surface area (Å²) in [4.78, 5) is 15.7. The van der Waals surface area contributed by atoms with Crippen molar-refractivity contribution in [2.24, 2.45) is 4.99 Å². The Morgan fingerprint density at radius 2 is 1.70 bits per heavy atom. The molecule has 0 bridgehead atoms. The molecule has 1 unspecified atom stereocenters. The van der Waals surface area contributed by atoms with E-state index in [2.05, 4.69) is 25.6 Å². The molecule has 0 amide bonds. The molecule has 0 aromatic rings. The summed E-state index contributed by atoms with van der Waals surface area (Å²) in [5.41, 5.74) is 0. The average molecular weight is 371 g/mol. The first kappa shape index (κ1) is 20.1. The van der Waals surface area contributed by atoms with Gasteiger partial charge in [-0.2, -0.15) is 5.26 Å². The van der Waals surface area contributed by atoms with Crippen molar-refractivity contribution in [3.63, 3.8) is 0 Å². The molecule has 0 N–H and O–H groups in total. The van der Waals surface area contributed by atoms with Crippen LogP contribution >= 0.6 is 0 Å². The first-order chi connectivity index (χ1) is 13.3. The number of nitrogens with zero attached hydrogens (tertiary/aromatic N) is 6. The third-order valence-corrected chi connectivity index (χ3v) is 6.30. The molecule has 6 nitrogen and oxygen atoms in total. The normalized spacial score (nSPS) is 24.5. The smallest absolute Gasteiger partial charge is 0.353 e. The molecule has 0 spiro atoms. The lowest BCUT2D eigenvalue weighted by molar-refractivity contribution is 0.162. The zero-order chi connectivity index (χ0) is 18.9. The first-order valence-corrected chi connectivity index (χ1v) is 10.8. The minimum atomic E-state index is -0.747. The molecule has 0 saturated carbocycles. The monoisotopic (exact) mass is 370 g/mol. The van der Waals surface area contributed by atoms with E-state index in [9.17, 15) is 5.26 Å². The third kappa shape index (κ3) is 5.67. The van der Waals surface area contributed by atoms with Gasteiger partial charge >= 0.3 is 6.04 Å². The van der Waals surface area contributed by atoms with Gasteiger partial charge in [0, 0.05) is 25.7 Å². The first-order valence-electron chi connectivity index (χ1n) is 10.8. The molecule has 0 radical (unpaired) electrons. The van der Waals surface area contributed by atoms with Gasteiger partial charge in [-0.05, 0) is 77.7 Å². The zero-order valence-corrected chi connectivity index (χ0v) is 16.7. The van der Waals surface area contributed by atoms with Crippen molar-refractivity contribution >= 4 is 5.84 Å². The van der Waals surface area contributed by atoms with Crippen LogP contribution < -0.4 is 0 Å². The highest BCUT2D eigenvalue weighted by molar-refractivity contribution is 5.91. The summed E-state index contributed by atoms with van der Waals surface area (Å²) in [6.07, 6.45) is 9.93. The standard InChI is InChI=1S/C21H34N6/c1-23-20(18-22)21(24-10-7-13-25-11-3-2-4-12-25)27-16-8-19(9-17-27)26-14-5-6-15-26/h19-20H,2-17H2. The maximum atomic E-state index is 9.42. The molecular weight excluding hydrogens is 336 g/mol. The summed E-state index contributed by atoms with van der Waals surface area (Å²) in [6, 6.07) is 2.09. The lowest BCUT2D eigenvalue weighted by atomic mass is 10.0. The topological polar surface area (TPSA) is 50.2 Å². The lowest BCUT2D eigenvalue weighted by Crippen LogP contribution is -2.48. The summed E-state index contributed by atoms with van der Waals surface area (Å²) in [7, 11) is 0. The van der Waals surface area contributed by atoms with Crippen LogP contribution in [0, 0.1) is 17.9 Å². The minimum absolute atomic E-state index is 0.678. The largest absolute Gasteiger partial charge is 0.363 e. The lowest BCUT2D eigenvalue weighted by Gasteiger charge is -2.37. The van der Waals surface area contributed by atoms with Crippen LogP contribution in [-0.4, -0.2) is 85.0 Å². The van der Waals surface area contributed by atoms with Crippen LogP contribution in [0.1, 0.15) is 51.4 Å². The maximum absolute atomic E-state index is 9.42. The number of aliphatic imine (C=N–C) groups is 1. The molecule has 3 saturated heterocycles. The van der Waals surface area contributed by atoms with E-state index < -0.39 is 6.04 Å². The number of nitriles is 1. The van der Waals surface area contributed by atoms with Gasteiger partial charge in [-0.3, -0.25) is 9.84 Å². The number of rotatable bonds is 6. The predicted molar refractivity (Wildman–Crippen MR) is 109 cm³/mol. The van der Waals surface area contributed by atoms with Gasteiger partial charge in [0.25, 0.3) is 0 Å². The molecule has 0 aromatic heterocycles. The van der Waals surface area contributed by atoms with E-state index >= 15 is 0 Å². The van der Waals surface area contributed by atoms with Gasteiger partial charge in [0.15, 0.2) is 11.9 Å². The summed E-state index contributed by atoms with van der Waals surface area (Å²) in [5, 5.41) is 9.42. The highest BCUT2D eigenvalue weighted by atomic mass is 15.2. The fourth-order valence-electron chi connectivity index (χ4n) is 4.74. The van der Waals surface area contributed by atoms with Crippen LogP contribution in [-0.2, 0) is 0 Å². The molecule has 3 heterocycles. The Labute approximate surface area is 164 Å². The van der Waals surface area contributed by atoms with Crippen LogP contribution in [0.5, 0.6) is 0 Å². The second kappa shape index (κ2) is 10.6. The maximum Gasteiger partial charge on any atom is 0.363 e. The van der Waals surface area contributed by atoms with Crippen molar-refractivity contribution in [3.05, 3.63) is 11.4 Å². The molecule has 3 fully saturated rings. The Hall–Kier alpha value is -1.63. The summed E-state index contributed by atoms with van der Waals surface area (Å²) >= 11 is 0. The van der Waals surface area contributed by atoms with Gasteiger partial charge in [0.05, 0.1) is 0 Å². The number of hydrogen-bond acceptors (Lipinski definition) is 4. The highest BCUT2D eigenvalue weighted by Crippen LogP contribution is 2.22. The van der Waals surface area contributed by atoms with E-state index in [1.165, 1.54) is 58.3 Å². The fourth-order valence-corrected chi connectivity index (χ4v) is 4.74. The predicted octanol–water partition coefficient (Wildman–Crippen LogP) is 2.63.